The molecule has 0 fully saturated rings. The Morgan fingerprint density at radius 2 is 1.89 bits per heavy atom. The average molecular weight is 243 g/mol. The Kier molecular flexibility index (Phi) is 3.01. The number of carbonyl (C=O) groups is 1. The van der Waals surface area contributed by atoms with Gasteiger partial charge in [0.1, 0.15) is 0 Å². The van der Waals surface area contributed by atoms with Crippen LogP contribution >= 0.6 is 0 Å². The molecule has 0 atom stereocenters. The van der Waals surface area contributed by atoms with Crippen molar-refractivity contribution in [3.05, 3.63) is 64.0 Å². The lowest BCUT2D eigenvalue weighted by atomic mass is 10.0. The number of nitrogens with zero attached hydrogens (tertiary/aromatic N) is 2. The highest BCUT2D eigenvalue weighted by Gasteiger charge is 2.13. The summed E-state index contributed by atoms with van der Waals surface area (Å²) in [6.07, 6.45) is 2.85. The summed E-state index contributed by atoms with van der Waals surface area (Å²) >= 11 is 0. The summed E-state index contributed by atoms with van der Waals surface area (Å²) in [5, 5.41) is 10.5. The fraction of sp³-hybridized carbons (Fsp3) is 0. The van der Waals surface area contributed by atoms with Gasteiger partial charge in [-0.25, -0.2) is 0 Å². The zero-order valence-electron chi connectivity index (χ0n) is 9.24. The fourth-order valence-electron chi connectivity index (χ4n) is 1.50. The fourth-order valence-corrected chi connectivity index (χ4v) is 1.50. The number of nitro groups is 1. The third-order valence-corrected chi connectivity index (χ3v) is 2.44. The smallest absolute Gasteiger partial charge is 0.269 e. The van der Waals surface area contributed by atoms with Gasteiger partial charge in [-0.05, 0) is 18.2 Å². The maximum absolute atomic E-state index is 12.1. The molecule has 0 bridgehead atoms. The Morgan fingerprint density at radius 3 is 2.44 bits per heavy atom. The van der Waals surface area contributed by atoms with Gasteiger partial charge in [0.15, 0.2) is 5.78 Å². The third-order valence-electron chi connectivity index (χ3n) is 2.44. The number of non-ortho nitro benzene ring substituents is 1. The molecule has 90 valence electrons. The number of benzene rings is 1. The zero-order chi connectivity index (χ0) is 13.1. The van der Waals surface area contributed by atoms with Crippen molar-refractivity contribution in [2.45, 2.75) is 0 Å². The standard InChI is InChI=1S/C12H9N3O3/c13-11-7-14-6-5-10(11)12(16)8-1-3-9(4-2-8)15(17)18/h1-7H,13H2. The van der Waals surface area contributed by atoms with Crippen molar-refractivity contribution >= 4 is 17.2 Å². The summed E-state index contributed by atoms with van der Waals surface area (Å²) in [5.74, 6) is -0.287. The van der Waals surface area contributed by atoms with Crippen LogP contribution in [-0.2, 0) is 0 Å². The molecule has 18 heavy (non-hydrogen) atoms. The van der Waals surface area contributed by atoms with Crippen molar-refractivity contribution in [3.8, 4) is 0 Å². The molecule has 2 aromatic rings. The van der Waals surface area contributed by atoms with Crippen LogP contribution in [0.25, 0.3) is 0 Å². The molecule has 0 unspecified atom stereocenters. The second-order valence-electron chi connectivity index (χ2n) is 3.60. The number of hydrogen-bond donors (Lipinski definition) is 1. The number of nitrogen functional groups attached to an aromatic ring is 1. The van der Waals surface area contributed by atoms with Gasteiger partial charge in [-0.3, -0.25) is 19.9 Å². The lowest BCUT2D eigenvalue weighted by Crippen LogP contribution is -2.05. The Morgan fingerprint density at radius 1 is 1.22 bits per heavy atom. The number of anilines is 1. The van der Waals surface area contributed by atoms with Gasteiger partial charge in [0.05, 0.1) is 16.8 Å². The number of aromatic nitrogens is 1. The summed E-state index contributed by atoms with van der Waals surface area (Å²) in [7, 11) is 0. The molecule has 0 aliphatic rings. The molecule has 0 amide bonds. The van der Waals surface area contributed by atoms with Crippen LogP contribution in [0.5, 0.6) is 0 Å². The first-order chi connectivity index (χ1) is 8.59. The molecule has 2 N–H and O–H groups in total. The molecule has 0 spiro atoms. The molecular weight excluding hydrogens is 234 g/mol. The van der Waals surface area contributed by atoms with E-state index in [4.69, 9.17) is 5.73 Å². The predicted octanol–water partition coefficient (Wildman–Crippen LogP) is 1.80. The van der Waals surface area contributed by atoms with Gasteiger partial charge in [0.2, 0.25) is 0 Å². The van der Waals surface area contributed by atoms with Crippen LogP contribution in [0.4, 0.5) is 11.4 Å². The lowest BCUT2D eigenvalue weighted by molar-refractivity contribution is -0.384. The molecule has 6 nitrogen and oxygen atoms in total. The van der Waals surface area contributed by atoms with E-state index in [1.165, 1.54) is 42.7 Å². The highest BCUT2D eigenvalue weighted by atomic mass is 16.6. The largest absolute Gasteiger partial charge is 0.397 e. The molecule has 2 rings (SSSR count). The van der Waals surface area contributed by atoms with Crippen molar-refractivity contribution in [2.24, 2.45) is 0 Å². The Labute approximate surface area is 102 Å². The zero-order valence-corrected chi connectivity index (χ0v) is 9.24. The number of nitro benzene ring substituents is 1. The molecular formula is C12H9N3O3. The number of hydrogen-bond acceptors (Lipinski definition) is 5. The van der Waals surface area contributed by atoms with E-state index in [0.29, 0.717) is 11.1 Å². The minimum absolute atomic E-state index is 0.0609. The van der Waals surface area contributed by atoms with Crippen molar-refractivity contribution < 1.29 is 9.72 Å². The van der Waals surface area contributed by atoms with E-state index in [1.54, 1.807) is 0 Å². The third kappa shape index (κ3) is 2.17. The van der Waals surface area contributed by atoms with Crippen LogP contribution in [0.2, 0.25) is 0 Å². The minimum Gasteiger partial charge on any atom is -0.397 e. The molecule has 1 aromatic heterocycles. The monoisotopic (exact) mass is 243 g/mol. The molecule has 0 aliphatic carbocycles. The molecule has 0 aliphatic heterocycles. The SMILES string of the molecule is Nc1cnccc1C(=O)c1ccc([N+](=O)[O-])cc1. The van der Waals surface area contributed by atoms with E-state index < -0.39 is 4.92 Å². The first kappa shape index (κ1) is 11.7. The number of nitrogens with two attached hydrogens (primary N) is 1. The van der Waals surface area contributed by atoms with Crippen LogP contribution in [0.15, 0.2) is 42.7 Å². The Bertz CT molecular complexity index is 608. The van der Waals surface area contributed by atoms with E-state index >= 15 is 0 Å². The van der Waals surface area contributed by atoms with Gasteiger partial charge < -0.3 is 5.73 Å². The van der Waals surface area contributed by atoms with Gasteiger partial charge in [0.25, 0.3) is 5.69 Å². The van der Waals surface area contributed by atoms with Crippen LogP contribution in [0.3, 0.4) is 0 Å². The number of ketones is 1. The number of carbonyl (C=O) groups excluding carboxylic acids is 1. The molecule has 0 saturated heterocycles. The van der Waals surface area contributed by atoms with Crippen molar-refractivity contribution in [1.29, 1.82) is 0 Å². The van der Waals surface area contributed by atoms with E-state index in [0.717, 1.165) is 0 Å². The van der Waals surface area contributed by atoms with E-state index in [1.807, 2.05) is 0 Å². The number of pyridine rings is 1. The summed E-state index contributed by atoms with van der Waals surface area (Å²) in [6, 6.07) is 6.88. The van der Waals surface area contributed by atoms with Gasteiger partial charge in [-0.2, -0.15) is 0 Å². The molecule has 1 heterocycles. The van der Waals surface area contributed by atoms with Gasteiger partial charge in [-0.15, -0.1) is 0 Å². The average Bonchev–Trinajstić information content (AvgIpc) is 2.38. The lowest BCUT2D eigenvalue weighted by Gasteiger charge is -2.03. The summed E-state index contributed by atoms with van der Waals surface area (Å²) < 4.78 is 0. The van der Waals surface area contributed by atoms with Crippen LogP contribution in [0.1, 0.15) is 15.9 Å². The first-order valence-corrected chi connectivity index (χ1v) is 5.08. The van der Waals surface area contributed by atoms with Crippen LogP contribution in [0, 0.1) is 10.1 Å². The van der Waals surface area contributed by atoms with E-state index in [9.17, 15) is 14.9 Å². The van der Waals surface area contributed by atoms with Gasteiger partial charge in [-0.1, -0.05) is 0 Å². The minimum atomic E-state index is -0.519. The van der Waals surface area contributed by atoms with Crippen LogP contribution in [-0.4, -0.2) is 15.7 Å². The second-order valence-corrected chi connectivity index (χ2v) is 3.60. The van der Waals surface area contributed by atoms with Gasteiger partial charge in [0, 0.05) is 29.5 Å². The second kappa shape index (κ2) is 4.62. The Balaban J connectivity index is 2.35. The maximum Gasteiger partial charge on any atom is 0.269 e. The summed E-state index contributed by atoms with van der Waals surface area (Å²) in [4.78, 5) is 25.8. The van der Waals surface area contributed by atoms with Crippen molar-refractivity contribution in [1.82, 2.24) is 4.98 Å². The molecule has 1 aromatic carbocycles. The van der Waals surface area contributed by atoms with Gasteiger partial charge >= 0.3 is 0 Å². The summed E-state index contributed by atoms with van der Waals surface area (Å²) in [6.45, 7) is 0. The van der Waals surface area contributed by atoms with Crippen LogP contribution < -0.4 is 5.73 Å². The summed E-state index contributed by atoms with van der Waals surface area (Å²) in [5.41, 5.74) is 6.54. The molecule has 0 radical (unpaired) electrons. The molecule has 0 saturated carbocycles. The first-order valence-electron chi connectivity index (χ1n) is 5.08. The topological polar surface area (TPSA) is 99.1 Å². The predicted molar refractivity (Wildman–Crippen MR) is 65.2 cm³/mol. The van der Waals surface area contributed by atoms with Crippen molar-refractivity contribution in [3.63, 3.8) is 0 Å². The maximum atomic E-state index is 12.1. The van der Waals surface area contributed by atoms with Crippen molar-refractivity contribution in [2.75, 3.05) is 5.73 Å². The Hall–Kier alpha value is -2.76. The highest BCUT2D eigenvalue weighted by Crippen LogP contribution is 2.18. The van der Waals surface area contributed by atoms with E-state index in [2.05, 4.69) is 4.98 Å². The normalized spacial score (nSPS) is 10.0. The highest BCUT2D eigenvalue weighted by molar-refractivity contribution is 6.11. The number of rotatable bonds is 3. The quantitative estimate of drug-likeness (QED) is 0.503. The molecule has 6 heteroatoms. The van der Waals surface area contributed by atoms with E-state index in [-0.39, 0.29) is 17.2 Å².